The van der Waals surface area contributed by atoms with Crippen LogP contribution in [0.15, 0.2) is 30.3 Å². The highest BCUT2D eigenvalue weighted by Crippen LogP contribution is 2.60. The lowest BCUT2D eigenvalue weighted by atomic mass is 9.49. The van der Waals surface area contributed by atoms with Crippen LogP contribution < -0.4 is 10.1 Å². The standard InChI is InChI=1S/C24H33N3O3/c28-22(24-15-18-12-19(16-24)14-20(13-18)17-24)26-7-9-27(10-8-26)23(29)25-6-11-30-21-4-2-1-3-5-21/h1-5,18-20H,6-17H2,(H,25,29). The van der Waals surface area contributed by atoms with Gasteiger partial charge in [0.2, 0.25) is 5.91 Å². The minimum Gasteiger partial charge on any atom is -0.492 e. The van der Waals surface area contributed by atoms with Gasteiger partial charge in [0.15, 0.2) is 0 Å². The maximum atomic E-state index is 13.5. The Morgan fingerprint density at radius 3 is 2.07 bits per heavy atom. The minimum atomic E-state index is -0.0754. The molecule has 4 saturated carbocycles. The first-order valence-electron chi connectivity index (χ1n) is 11.6. The molecule has 6 nitrogen and oxygen atoms in total. The van der Waals surface area contributed by atoms with Gasteiger partial charge in [-0.3, -0.25) is 4.79 Å². The lowest BCUT2D eigenvalue weighted by molar-refractivity contribution is -0.159. The van der Waals surface area contributed by atoms with Crippen molar-refractivity contribution in [3.8, 4) is 5.75 Å². The number of urea groups is 1. The van der Waals surface area contributed by atoms with Crippen LogP contribution in [0.2, 0.25) is 0 Å². The molecule has 0 aromatic heterocycles. The van der Waals surface area contributed by atoms with Crippen LogP contribution in [-0.2, 0) is 4.79 Å². The van der Waals surface area contributed by atoms with Gasteiger partial charge in [-0.05, 0) is 68.4 Å². The summed E-state index contributed by atoms with van der Waals surface area (Å²) in [6.45, 7) is 3.47. The van der Waals surface area contributed by atoms with E-state index in [1.165, 1.54) is 19.3 Å². The molecule has 1 saturated heterocycles. The number of nitrogens with zero attached hydrogens (tertiary/aromatic N) is 2. The average Bonchev–Trinajstić information content (AvgIpc) is 2.76. The molecular weight excluding hydrogens is 378 g/mol. The second-order valence-corrected chi connectivity index (χ2v) is 9.87. The maximum absolute atomic E-state index is 13.5. The first-order valence-corrected chi connectivity index (χ1v) is 11.6. The van der Waals surface area contributed by atoms with Crippen molar-refractivity contribution in [1.29, 1.82) is 0 Å². The van der Waals surface area contributed by atoms with Gasteiger partial charge in [-0.2, -0.15) is 0 Å². The van der Waals surface area contributed by atoms with Gasteiger partial charge in [0.05, 0.1) is 12.0 Å². The zero-order valence-electron chi connectivity index (χ0n) is 17.7. The van der Waals surface area contributed by atoms with Crippen molar-refractivity contribution in [3.63, 3.8) is 0 Å². The number of para-hydroxylation sites is 1. The van der Waals surface area contributed by atoms with E-state index in [1.54, 1.807) is 0 Å². The molecule has 1 heterocycles. The molecule has 1 aromatic carbocycles. The van der Waals surface area contributed by atoms with Crippen LogP contribution in [-0.4, -0.2) is 61.1 Å². The summed E-state index contributed by atoms with van der Waals surface area (Å²) in [4.78, 5) is 29.8. The van der Waals surface area contributed by atoms with Gasteiger partial charge in [-0.1, -0.05) is 18.2 Å². The van der Waals surface area contributed by atoms with E-state index in [4.69, 9.17) is 4.74 Å². The zero-order chi connectivity index (χ0) is 20.6. The van der Waals surface area contributed by atoms with Crippen LogP contribution in [0.5, 0.6) is 5.75 Å². The molecule has 0 atom stereocenters. The number of amides is 3. The number of carbonyl (C=O) groups is 2. The summed E-state index contributed by atoms with van der Waals surface area (Å²) in [6.07, 6.45) is 7.40. The maximum Gasteiger partial charge on any atom is 0.317 e. The van der Waals surface area contributed by atoms with Crippen LogP contribution in [0.1, 0.15) is 38.5 Å². The van der Waals surface area contributed by atoms with Crippen LogP contribution in [0.4, 0.5) is 4.79 Å². The third kappa shape index (κ3) is 3.88. The van der Waals surface area contributed by atoms with Crippen LogP contribution in [0.25, 0.3) is 0 Å². The zero-order valence-corrected chi connectivity index (χ0v) is 17.7. The fourth-order valence-corrected chi connectivity index (χ4v) is 6.78. The first kappa shape index (κ1) is 19.7. The number of ether oxygens (including phenoxy) is 1. The van der Waals surface area contributed by atoms with Gasteiger partial charge in [-0.15, -0.1) is 0 Å². The Hall–Kier alpha value is -2.24. The van der Waals surface area contributed by atoms with E-state index in [9.17, 15) is 9.59 Å². The largest absolute Gasteiger partial charge is 0.492 e. The molecule has 0 spiro atoms. The lowest BCUT2D eigenvalue weighted by Gasteiger charge is -2.57. The minimum absolute atomic E-state index is 0.0615. The van der Waals surface area contributed by atoms with Crippen molar-refractivity contribution in [1.82, 2.24) is 15.1 Å². The number of carbonyl (C=O) groups excluding carboxylic acids is 2. The Bertz CT molecular complexity index is 738. The van der Waals surface area contributed by atoms with Gasteiger partial charge in [-0.25, -0.2) is 4.79 Å². The van der Waals surface area contributed by atoms with Gasteiger partial charge in [0, 0.05) is 26.2 Å². The smallest absolute Gasteiger partial charge is 0.317 e. The summed E-state index contributed by atoms with van der Waals surface area (Å²) >= 11 is 0. The summed E-state index contributed by atoms with van der Waals surface area (Å²) in [5.74, 6) is 3.54. The molecule has 0 radical (unpaired) electrons. The highest BCUT2D eigenvalue weighted by molar-refractivity contribution is 5.84. The Balaban J connectivity index is 1.07. The van der Waals surface area contributed by atoms with Crippen molar-refractivity contribution in [2.24, 2.45) is 23.2 Å². The number of rotatable bonds is 5. The highest BCUT2D eigenvalue weighted by Gasteiger charge is 2.55. The van der Waals surface area contributed by atoms with E-state index in [0.717, 1.165) is 42.8 Å². The van der Waals surface area contributed by atoms with Crippen molar-refractivity contribution >= 4 is 11.9 Å². The summed E-state index contributed by atoms with van der Waals surface area (Å²) in [6, 6.07) is 9.55. The third-order valence-electron chi connectivity index (χ3n) is 7.74. The van der Waals surface area contributed by atoms with Crippen molar-refractivity contribution in [3.05, 3.63) is 30.3 Å². The lowest BCUT2D eigenvalue weighted by Crippen LogP contribution is -2.59. The SMILES string of the molecule is O=C(NCCOc1ccccc1)N1CCN(C(=O)C23CC4CC(CC(C4)C2)C3)CC1. The summed E-state index contributed by atoms with van der Waals surface area (Å²) in [5, 5.41) is 2.93. The Morgan fingerprint density at radius 1 is 0.900 bits per heavy atom. The van der Waals surface area contributed by atoms with Gasteiger partial charge >= 0.3 is 6.03 Å². The van der Waals surface area contributed by atoms with E-state index in [0.29, 0.717) is 45.2 Å². The van der Waals surface area contributed by atoms with Gasteiger partial charge in [0.1, 0.15) is 12.4 Å². The van der Waals surface area contributed by atoms with Crippen LogP contribution in [0.3, 0.4) is 0 Å². The molecule has 30 heavy (non-hydrogen) atoms. The second kappa shape index (κ2) is 8.12. The van der Waals surface area contributed by atoms with Crippen LogP contribution in [0, 0.1) is 23.2 Å². The number of piperazine rings is 1. The van der Waals surface area contributed by atoms with E-state index < -0.39 is 0 Å². The molecule has 6 heteroatoms. The fraction of sp³-hybridized carbons (Fsp3) is 0.667. The fourth-order valence-electron chi connectivity index (χ4n) is 6.78. The molecule has 3 amide bonds. The third-order valence-corrected chi connectivity index (χ3v) is 7.74. The molecule has 5 fully saturated rings. The molecular formula is C24H33N3O3. The number of hydrogen-bond acceptors (Lipinski definition) is 3. The Labute approximate surface area is 178 Å². The molecule has 6 rings (SSSR count). The highest BCUT2D eigenvalue weighted by atomic mass is 16.5. The second-order valence-electron chi connectivity index (χ2n) is 9.87. The van der Waals surface area contributed by atoms with E-state index >= 15 is 0 Å². The normalized spacial score (nSPS) is 32.2. The number of nitrogens with one attached hydrogen (secondary N) is 1. The Morgan fingerprint density at radius 2 is 1.47 bits per heavy atom. The molecule has 4 aliphatic carbocycles. The molecule has 1 aromatic rings. The van der Waals surface area contributed by atoms with Crippen molar-refractivity contribution in [2.75, 3.05) is 39.3 Å². The number of hydrogen-bond donors (Lipinski definition) is 1. The molecule has 1 N–H and O–H groups in total. The molecule has 162 valence electrons. The van der Waals surface area contributed by atoms with E-state index in [2.05, 4.69) is 10.2 Å². The van der Waals surface area contributed by atoms with Crippen LogP contribution >= 0.6 is 0 Å². The molecule has 1 aliphatic heterocycles. The van der Waals surface area contributed by atoms with E-state index in [1.807, 2.05) is 35.2 Å². The molecule has 5 aliphatic rings. The number of benzene rings is 1. The Kier molecular flexibility index (Phi) is 5.34. The first-order chi connectivity index (χ1) is 14.6. The monoisotopic (exact) mass is 411 g/mol. The predicted octanol–water partition coefficient (Wildman–Crippen LogP) is 3.14. The van der Waals surface area contributed by atoms with Crippen molar-refractivity contribution in [2.45, 2.75) is 38.5 Å². The summed E-state index contributed by atoms with van der Waals surface area (Å²) in [7, 11) is 0. The molecule has 4 bridgehead atoms. The summed E-state index contributed by atoms with van der Waals surface area (Å²) in [5.41, 5.74) is -0.0754. The van der Waals surface area contributed by atoms with E-state index in [-0.39, 0.29) is 11.4 Å². The van der Waals surface area contributed by atoms with Gasteiger partial charge in [0.25, 0.3) is 0 Å². The summed E-state index contributed by atoms with van der Waals surface area (Å²) < 4.78 is 5.62. The van der Waals surface area contributed by atoms with Crippen molar-refractivity contribution < 1.29 is 14.3 Å². The topological polar surface area (TPSA) is 61.9 Å². The quantitative estimate of drug-likeness (QED) is 0.758. The molecule has 0 unspecified atom stereocenters. The average molecular weight is 412 g/mol. The predicted molar refractivity (Wildman–Crippen MR) is 114 cm³/mol. The van der Waals surface area contributed by atoms with Gasteiger partial charge < -0.3 is 19.9 Å².